The molecule has 1 aliphatic rings. The molecule has 1 N–H and O–H groups in total. The molecule has 0 unspecified atom stereocenters. The second-order valence-electron chi connectivity index (χ2n) is 4.22. The van der Waals surface area contributed by atoms with E-state index in [-0.39, 0.29) is 6.10 Å². The molecule has 0 spiro atoms. The van der Waals surface area contributed by atoms with E-state index in [1.54, 1.807) is 0 Å². The number of amidine groups is 1. The van der Waals surface area contributed by atoms with Gasteiger partial charge in [-0.3, -0.25) is 4.99 Å². The number of hydrogen-bond donors (Lipinski definition) is 1. The van der Waals surface area contributed by atoms with Crippen LogP contribution in [0.25, 0.3) is 0 Å². The predicted octanol–water partition coefficient (Wildman–Crippen LogP) is 2.07. The molecule has 0 aromatic heterocycles. The first-order valence-corrected chi connectivity index (χ1v) is 5.69. The maximum atomic E-state index is 5.89. The van der Waals surface area contributed by atoms with Crippen molar-refractivity contribution in [1.29, 1.82) is 0 Å². The molecule has 1 aliphatic heterocycles. The monoisotopic (exact) mass is 218 g/mol. The lowest BCUT2D eigenvalue weighted by Gasteiger charge is -2.17. The van der Waals surface area contributed by atoms with Crippen molar-refractivity contribution >= 4 is 5.84 Å². The second kappa shape index (κ2) is 4.56. The van der Waals surface area contributed by atoms with E-state index < -0.39 is 0 Å². The Bertz CT molecular complexity index is 412. The number of hydrogen-bond acceptors (Lipinski definition) is 3. The van der Waals surface area contributed by atoms with Crippen molar-refractivity contribution in [3.8, 4) is 5.75 Å². The molecule has 0 bridgehead atoms. The van der Waals surface area contributed by atoms with Gasteiger partial charge in [0.25, 0.3) is 0 Å². The lowest BCUT2D eigenvalue weighted by atomic mass is 10.1. The fourth-order valence-electron chi connectivity index (χ4n) is 1.87. The molecule has 0 aliphatic carbocycles. The van der Waals surface area contributed by atoms with E-state index in [9.17, 15) is 0 Å². The Kier molecular flexibility index (Phi) is 3.13. The molecular formula is C13H18N2O. The number of ether oxygens (including phenoxy) is 1. The summed E-state index contributed by atoms with van der Waals surface area (Å²) in [6, 6.07) is 6.22. The zero-order valence-electron chi connectivity index (χ0n) is 10.1. The SMILES string of the molecule is Cc1ccc(O[C@H](C)C2=NCCN2)c(C)c1. The summed E-state index contributed by atoms with van der Waals surface area (Å²) in [5, 5.41) is 3.23. The van der Waals surface area contributed by atoms with Crippen molar-refractivity contribution in [3.05, 3.63) is 29.3 Å². The van der Waals surface area contributed by atoms with Crippen LogP contribution in [0.15, 0.2) is 23.2 Å². The van der Waals surface area contributed by atoms with E-state index in [1.807, 2.05) is 13.0 Å². The molecule has 0 saturated carbocycles. The average molecular weight is 218 g/mol. The molecule has 2 rings (SSSR count). The minimum atomic E-state index is 0.00362. The van der Waals surface area contributed by atoms with Crippen LogP contribution in [0.5, 0.6) is 5.75 Å². The molecule has 3 nitrogen and oxygen atoms in total. The highest BCUT2D eigenvalue weighted by atomic mass is 16.5. The van der Waals surface area contributed by atoms with Crippen LogP contribution in [0.2, 0.25) is 0 Å². The highest BCUT2D eigenvalue weighted by Crippen LogP contribution is 2.20. The molecule has 0 radical (unpaired) electrons. The lowest BCUT2D eigenvalue weighted by Crippen LogP contribution is -2.33. The third kappa shape index (κ3) is 2.35. The summed E-state index contributed by atoms with van der Waals surface area (Å²) < 4.78 is 5.89. The largest absolute Gasteiger partial charge is 0.483 e. The summed E-state index contributed by atoms with van der Waals surface area (Å²) in [5.74, 6) is 1.90. The second-order valence-corrected chi connectivity index (χ2v) is 4.22. The van der Waals surface area contributed by atoms with Gasteiger partial charge in [0, 0.05) is 6.54 Å². The van der Waals surface area contributed by atoms with Gasteiger partial charge in [0.05, 0.1) is 6.54 Å². The maximum Gasteiger partial charge on any atom is 0.152 e. The van der Waals surface area contributed by atoms with Gasteiger partial charge in [-0.25, -0.2) is 0 Å². The first kappa shape index (κ1) is 11.0. The minimum absolute atomic E-state index is 0.00362. The van der Waals surface area contributed by atoms with Crippen molar-refractivity contribution in [2.45, 2.75) is 26.9 Å². The molecule has 1 aromatic rings. The van der Waals surface area contributed by atoms with Crippen LogP contribution in [0.3, 0.4) is 0 Å². The molecule has 0 amide bonds. The molecule has 1 aromatic carbocycles. The number of benzene rings is 1. The first-order valence-electron chi connectivity index (χ1n) is 5.69. The molecule has 0 fully saturated rings. The highest BCUT2D eigenvalue weighted by Gasteiger charge is 2.15. The van der Waals surface area contributed by atoms with E-state index in [0.717, 1.165) is 24.7 Å². The van der Waals surface area contributed by atoms with Gasteiger partial charge in [-0.1, -0.05) is 17.7 Å². The Morgan fingerprint density at radius 2 is 2.19 bits per heavy atom. The van der Waals surface area contributed by atoms with Crippen LogP contribution < -0.4 is 10.1 Å². The van der Waals surface area contributed by atoms with Crippen molar-refractivity contribution in [1.82, 2.24) is 5.32 Å². The quantitative estimate of drug-likeness (QED) is 0.842. The molecule has 0 saturated heterocycles. The minimum Gasteiger partial charge on any atom is -0.483 e. The Morgan fingerprint density at radius 1 is 1.38 bits per heavy atom. The Balaban J connectivity index is 2.08. The molecule has 86 valence electrons. The maximum absolute atomic E-state index is 5.89. The zero-order valence-corrected chi connectivity index (χ0v) is 10.1. The van der Waals surface area contributed by atoms with Crippen molar-refractivity contribution in [3.63, 3.8) is 0 Å². The van der Waals surface area contributed by atoms with E-state index >= 15 is 0 Å². The lowest BCUT2D eigenvalue weighted by molar-refractivity contribution is 0.282. The fraction of sp³-hybridized carbons (Fsp3) is 0.462. The van der Waals surface area contributed by atoms with E-state index in [1.165, 1.54) is 11.1 Å². The van der Waals surface area contributed by atoms with Gasteiger partial charge >= 0.3 is 0 Å². The topological polar surface area (TPSA) is 33.6 Å². The smallest absolute Gasteiger partial charge is 0.152 e. The summed E-state index contributed by atoms with van der Waals surface area (Å²) in [6.45, 7) is 7.96. The molecule has 3 heteroatoms. The summed E-state index contributed by atoms with van der Waals surface area (Å²) in [5.41, 5.74) is 2.43. The number of aryl methyl sites for hydroxylation is 2. The normalized spacial score (nSPS) is 16.6. The van der Waals surface area contributed by atoms with Crippen molar-refractivity contribution < 1.29 is 4.74 Å². The fourth-order valence-corrected chi connectivity index (χ4v) is 1.87. The highest BCUT2D eigenvalue weighted by molar-refractivity contribution is 5.87. The average Bonchev–Trinajstić information content (AvgIpc) is 2.75. The van der Waals surface area contributed by atoms with Crippen LogP contribution in [0.1, 0.15) is 18.1 Å². The summed E-state index contributed by atoms with van der Waals surface area (Å²) in [7, 11) is 0. The van der Waals surface area contributed by atoms with Crippen LogP contribution in [0, 0.1) is 13.8 Å². The third-order valence-electron chi connectivity index (χ3n) is 2.72. The van der Waals surface area contributed by atoms with Crippen LogP contribution in [-0.4, -0.2) is 25.0 Å². The number of nitrogens with zero attached hydrogens (tertiary/aromatic N) is 1. The Labute approximate surface area is 96.5 Å². The van der Waals surface area contributed by atoms with Gasteiger partial charge in [0.2, 0.25) is 0 Å². The third-order valence-corrected chi connectivity index (χ3v) is 2.72. The number of rotatable bonds is 3. The Hall–Kier alpha value is -1.51. The summed E-state index contributed by atoms with van der Waals surface area (Å²) in [6.07, 6.45) is 0.00362. The zero-order chi connectivity index (χ0) is 11.5. The summed E-state index contributed by atoms with van der Waals surface area (Å²) >= 11 is 0. The van der Waals surface area contributed by atoms with Gasteiger partial charge in [0.1, 0.15) is 11.6 Å². The van der Waals surface area contributed by atoms with Gasteiger partial charge in [-0.2, -0.15) is 0 Å². The van der Waals surface area contributed by atoms with E-state index in [4.69, 9.17) is 4.74 Å². The predicted molar refractivity (Wildman–Crippen MR) is 66.3 cm³/mol. The van der Waals surface area contributed by atoms with Crippen molar-refractivity contribution in [2.24, 2.45) is 4.99 Å². The summed E-state index contributed by atoms with van der Waals surface area (Å²) in [4.78, 5) is 4.36. The van der Waals surface area contributed by atoms with Gasteiger partial charge in [0.15, 0.2) is 6.10 Å². The van der Waals surface area contributed by atoms with E-state index in [0.29, 0.717) is 0 Å². The standard InChI is InChI=1S/C13H18N2O/c1-9-4-5-12(10(2)8-9)16-11(3)13-14-6-7-15-13/h4-5,8,11H,6-7H2,1-3H3,(H,14,15)/t11-/m1/s1. The number of aliphatic imine (C=N–C) groups is 1. The van der Waals surface area contributed by atoms with Gasteiger partial charge < -0.3 is 10.1 Å². The van der Waals surface area contributed by atoms with E-state index in [2.05, 4.69) is 36.3 Å². The van der Waals surface area contributed by atoms with Gasteiger partial charge in [-0.15, -0.1) is 0 Å². The van der Waals surface area contributed by atoms with Crippen molar-refractivity contribution in [2.75, 3.05) is 13.1 Å². The van der Waals surface area contributed by atoms with Crippen LogP contribution in [-0.2, 0) is 0 Å². The molecule has 16 heavy (non-hydrogen) atoms. The van der Waals surface area contributed by atoms with Gasteiger partial charge in [-0.05, 0) is 32.4 Å². The van der Waals surface area contributed by atoms with Crippen LogP contribution >= 0.6 is 0 Å². The van der Waals surface area contributed by atoms with Crippen LogP contribution in [0.4, 0.5) is 0 Å². The Morgan fingerprint density at radius 3 is 2.81 bits per heavy atom. The molecular weight excluding hydrogens is 200 g/mol. The first-order chi connectivity index (χ1) is 7.66. The number of nitrogens with one attached hydrogen (secondary N) is 1. The molecule has 1 atom stereocenters. The molecule has 1 heterocycles.